The Morgan fingerprint density at radius 3 is 2.47 bits per heavy atom. The summed E-state index contributed by atoms with van der Waals surface area (Å²) in [5.41, 5.74) is 5.77. The summed E-state index contributed by atoms with van der Waals surface area (Å²) in [4.78, 5) is 23.5. The Bertz CT molecular complexity index is 1120. The summed E-state index contributed by atoms with van der Waals surface area (Å²) in [5.74, 6) is -2.61. The second kappa shape index (κ2) is 7.90. The topological polar surface area (TPSA) is 107 Å². The van der Waals surface area contributed by atoms with Crippen molar-refractivity contribution in [3.63, 3.8) is 0 Å². The molecule has 30 heavy (non-hydrogen) atoms. The highest BCUT2D eigenvalue weighted by molar-refractivity contribution is 5.97. The van der Waals surface area contributed by atoms with Gasteiger partial charge in [-0.1, -0.05) is 37.3 Å². The fourth-order valence-corrected chi connectivity index (χ4v) is 3.11. The van der Waals surface area contributed by atoms with Crippen LogP contribution in [0.1, 0.15) is 33.5 Å². The number of alkyl halides is 3. The van der Waals surface area contributed by atoms with Gasteiger partial charge in [-0.25, -0.2) is 9.48 Å². The first kappa shape index (κ1) is 20.9. The zero-order chi connectivity index (χ0) is 22.1. The minimum Gasteiger partial charge on any atom is -0.476 e. The number of hydrogen-bond acceptors (Lipinski definition) is 4. The smallest absolute Gasteiger partial charge is 0.476 e. The monoisotopic (exact) mass is 419 g/mol. The van der Waals surface area contributed by atoms with E-state index in [0.29, 0.717) is 5.56 Å². The molecule has 0 radical (unpaired) electrons. The number of carbonyl (C=O) groups is 2. The van der Waals surface area contributed by atoms with Gasteiger partial charge < -0.3 is 15.6 Å². The summed E-state index contributed by atoms with van der Waals surface area (Å²) in [5, 5.41) is 13.7. The molecule has 7 nitrogen and oxygen atoms in total. The Kier molecular flexibility index (Phi) is 5.50. The lowest BCUT2D eigenvalue weighted by Gasteiger charge is -2.14. The highest BCUT2D eigenvalue weighted by Gasteiger charge is 2.32. The van der Waals surface area contributed by atoms with Gasteiger partial charge in [-0.3, -0.25) is 4.79 Å². The molecule has 0 saturated carbocycles. The summed E-state index contributed by atoms with van der Waals surface area (Å²) in [7, 11) is 0. The number of nitrogens with zero attached hydrogens (tertiary/aromatic N) is 2. The molecule has 0 atom stereocenters. The number of carbonyl (C=O) groups excluding carboxylic acids is 1. The lowest BCUT2D eigenvalue weighted by Crippen LogP contribution is -2.17. The largest absolute Gasteiger partial charge is 0.573 e. The number of primary amides is 1. The van der Waals surface area contributed by atoms with Gasteiger partial charge in [-0.2, -0.15) is 5.10 Å². The van der Waals surface area contributed by atoms with Gasteiger partial charge in [0.05, 0.1) is 5.69 Å². The van der Waals surface area contributed by atoms with E-state index >= 15 is 0 Å². The van der Waals surface area contributed by atoms with Gasteiger partial charge in [-0.15, -0.1) is 13.2 Å². The number of aromatic nitrogens is 2. The second-order valence-corrected chi connectivity index (χ2v) is 6.20. The van der Waals surface area contributed by atoms with Gasteiger partial charge in [0, 0.05) is 11.1 Å². The molecule has 1 heterocycles. The molecule has 0 aliphatic carbocycles. The van der Waals surface area contributed by atoms with Crippen LogP contribution in [0.4, 0.5) is 13.2 Å². The van der Waals surface area contributed by atoms with Crippen LogP contribution in [0.25, 0.3) is 16.8 Å². The van der Waals surface area contributed by atoms with Crippen molar-refractivity contribution in [2.45, 2.75) is 19.7 Å². The van der Waals surface area contributed by atoms with E-state index in [2.05, 4.69) is 9.84 Å². The Labute approximate surface area is 168 Å². The number of carboxylic acid groups (broad SMARTS) is 1. The fourth-order valence-electron chi connectivity index (χ4n) is 3.11. The highest BCUT2D eigenvalue weighted by Crippen LogP contribution is 2.34. The summed E-state index contributed by atoms with van der Waals surface area (Å²) in [6.07, 6.45) is -4.68. The number of amides is 1. The van der Waals surface area contributed by atoms with Crippen LogP contribution in [0.5, 0.6) is 5.75 Å². The molecule has 156 valence electrons. The van der Waals surface area contributed by atoms with Crippen molar-refractivity contribution in [2.75, 3.05) is 0 Å². The number of ether oxygens (including phenoxy) is 1. The van der Waals surface area contributed by atoms with E-state index in [0.717, 1.165) is 4.68 Å². The highest BCUT2D eigenvalue weighted by atomic mass is 19.4. The minimum absolute atomic E-state index is 0.145. The molecule has 3 rings (SSSR count). The molecule has 3 N–H and O–H groups in total. The molecule has 0 unspecified atom stereocenters. The van der Waals surface area contributed by atoms with Crippen molar-refractivity contribution in [2.24, 2.45) is 5.73 Å². The van der Waals surface area contributed by atoms with Crippen molar-refractivity contribution in [1.82, 2.24) is 9.78 Å². The number of halogens is 3. The number of carboxylic acids is 1. The maximum absolute atomic E-state index is 12.7. The van der Waals surface area contributed by atoms with E-state index in [1.54, 1.807) is 19.1 Å². The Hall–Kier alpha value is -3.82. The van der Waals surface area contributed by atoms with Crippen LogP contribution < -0.4 is 10.5 Å². The second-order valence-electron chi connectivity index (χ2n) is 6.20. The quantitative estimate of drug-likeness (QED) is 0.632. The molecule has 0 spiro atoms. The van der Waals surface area contributed by atoms with Crippen molar-refractivity contribution < 1.29 is 32.6 Å². The predicted molar refractivity (Wildman–Crippen MR) is 101 cm³/mol. The average Bonchev–Trinajstić information content (AvgIpc) is 3.07. The number of hydrogen-bond donors (Lipinski definition) is 2. The number of para-hydroxylation sites is 1. The summed E-state index contributed by atoms with van der Waals surface area (Å²) >= 11 is 0. The van der Waals surface area contributed by atoms with Gasteiger partial charge in [-0.05, 0) is 30.2 Å². The first-order valence-electron chi connectivity index (χ1n) is 8.73. The molecule has 0 bridgehead atoms. The zero-order valence-electron chi connectivity index (χ0n) is 15.6. The van der Waals surface area contributed by atoms with Crippen LogP contribution in [0.15, 0.2) is 48.5 Å². The number of nitrogens with two attached hydrogens (primary N) is 1. The Morgan fingerprint density at radius 2 is 1.87 bits per heavy atom. The molecule has 1 aromatic heterocycles. The van der Waals surface area contributed by atoms with E-state index in [9.17, 15) is 27.9 Å². The number of aromatic carboxylic acids is 1. The molecular formula is C20H16F3N3O4. The van der Waals surface area contributed by atoms with Crippen molar-refractivity contribution in [3.05, 3.63) is 65.5 Å². The van der Waals surface area contributed by atoms with Crippen LogP contribution in [-0.4, -0.2) is 33.1 Å². The molecule has 0 fully saturated rings. The van der Waals surface area contributed by atoms with Crippen molar-refractivity contribution >= 4 is 11.9 Å². The summed E-state index contributed by atoms with van der Waals surface area (Å²) in [6, 6.07) is 11.6. The van der Waals surface area contributed by atoms with Crippen LogP contribution in [0, 0.1) is 0 Å². The van der Waals surface area contributed by atoms with Crippen LogP contribution in [0.3, 0.4) is 0 Å². The SMILES string of the molecule is CCc1c(C(N)=O)nn(-c2cccc(-c3ccccc3OC(F)(F)F)c2)c1C(=O)O. The third kappa shape index (κ3) is 4.12. The van der Waals surface area contributed by atoms with E-state index in [-0.39, 0.29) is 34.6 Å². The maximum Gasteiger partial charge on any atom is 0.573 e. The van der Waals surface area contributed by atoms with E-state index in [1.165, 1.54) is 36.4 Å². The molecule has 0 aliphatic heterocycles. The Morgan fingerprint density at radius 1 is 1.17 bits per heavy atom. The standard InChI is InChI=1S/C20H16F3N3O4/c1-2-13-16(18(24)27)25-26(17(13)19(28)29)12-7-5-6-11(10-12)14-8-3-4-9-15(14)30-20(21,22)23/h3-10H,2H2,1H3,(H2,24,27)(H,28,29). The number of benzene rings is 2. The first-order chi connectivity index (χ1) is 14.1. The zero-order valence-corrected chi connectivity index (χ0v) is 15.6. The minimum atomic E-state index is -4.88. The first-order valence-corrected chi connectivity index (χ1v) is 8.73. The lowest BCUT2D eigenvalue weighted by atomic mass is 10.0. The summed E-state index contributed by atoms with van der Waals surface area (Å²) < 4.78 is 43.3. The van der Waals surface area contributed by atoms with Crippen molar-refractivity contribution in [1.29, 1.82) is 0 Å². The van der Waals surface area contributed by atoms with Gasteiger partial charge in [0.2, 0.25) is 0 Å². The number of rotatable bonds is 6. The molecule has 2 aromatic carbocycles. The van der Waals surface area contributed by atoms with Crippen LogP contribution >= 0.6 is 0 Å². The molecule has 1 amide bonds. The predicted octanol–water partition coefficient (Wildman–Crippen LogP) is 3.80. The van der Waals surface area contributed by atoms with E-state index in [4.69, 9.17) is 5.73 Å². The molecule has 3 aromatic rings. The molecule has 10 heteroatoms. The van der Waals surface area contributed by atoms with Crippen molar-refractivity contribution in [3.8, 4) is 22.6 Å². The normalized spacial score (nSPS) is 11.3. The summed E-state index contributed by atoms with van der Waals surface area (Å²) in [6.45, 7) is 1.65. The third-order valence-electron chi connectivity index (χ3n) is 4.29. The van der Waals surface area contributed by atoms with Gasteiger partial charge in [0.25, 0.3) is 5.91 Å². The van der Waals surface area contributed by atoms with E-state index in [1.807, 2.05) is 0 Å². The molecular weight excluding hydrogens is 403 g/mol. The van der Waals surface area contributed by atoms with Gasteiger partial charge in [0.15, 0.2) is 11.4 Å². The van der Waals surface area contributed by atoms with Crippen LogP contribution in [0.2, 0.25) is 0 Å². The Balaban J connectivity index is 2.17. The van der Waals surface area contributed by atoms with Gasteiger partial charge >= 0.3 is 12.3 Å². The molecule has 0 saturated heterocycles. The van der Waals surface area contributed by atoms with Crippen LogP contribution in [-0.2, 0) is 6.42 Å². The third-order valence-corrected chi connectivity index (χ3v) is 4.29. The average molecular weight is 419 g/mol. The van der Waals surface area contributed by atoms with E-state index < -0.39 is 24.0 Å². The fraction of sp³-hybridized carbons (Fsp3) is 0.150. The lowest BCUT2D eigenvalue weighted by molar-refractivity contribution is -0.274. The molecule has 0 aliphatic rings. The van der Waals surface area contributed by atoms with Gasteiger partial charge in [0.1, 0.15) is 5.75 Å². The maximum atomic E-state index is 12.7.